The number of β-amino-alcohol motifs (C(OH)–C–C–N with tert-alkyl or cyclic N) is 2. The lowest BCUT2D eigenvalue weighted by Crippen LogP contribution is -2.24. The molecule has 104 valence electrons. The molecule has 1 aliphatic rings. The van der Waals surface area contributed by atoms with Crippen molar-refractivity contribution in [3.63, 3.8) is 0 Å². The molecule has 3 N–H and O–H groups in total. The van der Waals surface area contributed by atoms with Crippen molar-refractivity contribution in [2.24, 2.45) is 0 Å². The quantitative estimate of drug-likeness (QED) is 0.485. The minimum Gasteiger partial charge on any atom is -0.389 e. The van der Waals surface area contributed by atoms with Gasteiger partial charge in [-0.2, -0.15) is 4.98 Å². The molecule has 0 amide bonds. The van der Waals surface area contributed by atoms with E-state index in [2.05, 4.69) is 15.3 Å². The number of anilines is 2. The van der Waals surface area contributed by atoms with Crippen molar-refractivity contribution < 1.29 is 15.1 Å². The summed E-state index contributed by atoms with van der Waals surface area (Å²) < 4.78 is 0. The molecule has 0 aliphatic carbocycles. The number of aliphatic hydroxyl groups excluding tert-OH is 2. The fraction of sp³-hybridized carbons (Fsp3) is 0.600. The standard InChI is InChI=1S/C10H15N5O4/c1-5-8(15(18)19)9(13-10(11-2)12-5)14-3-6(16)7(17)4-14/h6-7,16-17H,3-4H2,1-2H3,(H,11,12,13). The van der Waals surface area contributed by atoms with Crippen LogP contribution in [-0.4, -0.2) is 57.4 Å². The largest absolute Gasteiger partial charge is 0.389 e. The predicted molar refractivity (Wildman–Crippen MR) is 67.2 cm³/mol. The van der Waals surface area contributed by atoms with Crippen molar-refractivity contribution in [2.75, 3.05) is 30.4 Å². The highest BCUT2D eigenvalue weighted by Crippen LogP contribution is 2.31. The number of rotatable bonds is 3. The van der Waals surface area contributed by atoms with E-state index in [1.807, 2.05) is 0 Å². The molecule has 2 heterocycles. The summed E-state index contributed by atoms with van der Waals surface area (Å²) in [5, 5.41) is 32.9. The Kier molecular flexibility index (Phi) is 3.49. The van der Waals surface area contributed by atoms with Gasteiger partial charge in [0.15, 0.2) is 0 Å². The van der Waals surface area contributed by atoms with Gasteiger partial charge in [-0.25, -0.2) is 4.98 Å². The molecule has 0 aromatic carbocycles. The van der Waals surface area contributed by atoms with Gasteiger partial charge in [0.25, 0.3) is 0 Å². The molecule has 1 aromatic rings. The van der Waals surface area contributed by atoms with E-state index < -0.39 is 17.1 Å². The third kappa shape index (κ3) is 2.42. The molecule has 2 unspecified atom stereocenters. The van der Waals surface area contributed by atoms with Crippen LogP contribution in [0, 0.1) is 17.0 Å². The predicted octanol–water partition coefficient (Wildman–Crippen LogP) is -0.723. The van der Waals surface area contributed by atoms with Crippen LogP contribution < -0.4 is 10.2 Å². The Labute approximate surface area is 109 Å². The minimum absolute atomic E-state index is 0.0988. The van der Waals surface area contributed by atoms with Crippen LogP contribution in [0.3, 0.4) is 0 Å². The second kappa shape index (κ2) is 4.94. The molecule has 0 bridgehead atoms. The summed E-state index contributed by atoms with van der Waals surface area (Å²) in [6.45, 7) is 1.72. The van der Waals surface area contributed by atoms with E-state index in [0.717, 1.165) is 0 Å². The SMILES string of the molecule is CNc1nc(C)c([N+](=O)[O-])c(N2CC(O)C(O)C2)n1. The molecule has 0 spiro atoms. The van der Waals surface area contributed by atoms with E-state index in [1.165, 1.54) is 11.8 Å². The fourth-order valence-corrected chi connectivity index (χ4v) is 2.04. The van der Waals surface area contributed by atoms with Crippen molar-refractivity contribution in [3.05, 3.63) is 15.8 Å². The molecule has 1 aromatic heterocycles. The Bertz CT molecular complexity index is 499. The molecule has 1 aliphatic heterocycles. The van der Waals surface area contributed by atoms with Crippen LogP contribution in [0.5, 0.6) is 0 Å². The van der Waals surface area contributed by atoms with E-state index in [-0.39, 0.29) is 36.2 Å². The molecular formula is C10H15N5O4. The van der Waals surface area contributed by atoms with Gasteiger partial charge < -0.3 is 20.4 Å². The molecule has 0 radical (unpaired) electrons. The molecule has 1 saturated heterocycles. The molecule has 1 fully saturated rings. The number of aliphatic hydroxyl groups is 2. The molecule has 19 heavy (non-hydrogen) atoms. The van der Waals surface area contributed by atoms with Gasteiger partial charge in [0, 0.05) is 20.1 Å². The van der Waals surface area contributed by atoms with Crippen molar-refractivity contribution in [1.29, 1.82) is 0 Å². The van der Waals surface area contributed by atoms with Gasteiger partial charge in [-0.15, -0.1) is 0 Å². The Balaban J connectivity index is 2.48. The maximum Gasteiger partial charge on any atom is 0.332 e. The summed E-state index contributed by atoms with van der Waals surface area (Å²) in [4.78, 5) is 20.1. The third-order valence-corrected chi connectivity index (χ3v) is 3.00. The van der Waals surface area contributed by atoms with E-state index >= 15 is 0 Å². The minimum atomic E-state index is -0.937. The highest BCUT2D eigenvalue weighted by Gasteiger charge is 2.35. The summed E-state index contributed by atoms with van der Waals surface area (Å²) in [6, 6.07) is 0. The van der Waals surface area contributed by atoms with Crippen LogP contribution in [0.4, 0.5) is 17.5 Å². The second-order valence-electron chi connectivity index (χ2n) is 4.35. The number of aromatic nitrogens is 2. The second-order valence-corrected chi connectivity index (χ2v) is 4.35. The maximum absolute atomic E-state index is 11.1. The third-order valence-electron chi connectivity index (χ3n) is 3.00. The van der Waals surface area contributed by atoms with Crippen molar-refractivity contribution in [3.8, 4) is 0 Å². The number of hydrogen-bond donors (Lipinski definition) is 3. The number of nitrogens with zero attached hydrogens (tertiary/aromatic N) is 4. The van der Waals surface area contributed by atoms with Gasteiger partial charge in [-0.05, 0) is 6.92 Å². The summed E-state index contributed by atoms with van der Waals surface area (Å²) >= 11 is 0. The molecule has 2 rings (SSSR count). The lowest BCUT2D eigenvalue weighted by Gasteiger charge is -2.17. The molecule has 9 heteroatoms. The van der Waals surface area contributed by atoms with Gasteiger partial charge in [0.1, 0.15) is 5.69 Å². The van der Waals surface area contributed by atoms with Gasteiger partial charge in [-0.3, -0.25) is 10.1 Å². The smallest absolute Gasteiger partial charge is 0.332 e. The first-order valence-corrected chi connectivity index (χ1v) is 5.76. The van der Waals surface area contributed by atoms with Crippen LogP contribution in [-0.2, 0) is 0 Å². The molecule has 0 saturated carbocycles. The van der Waals surface area contributed by atoms with Crippen molar-refractivity contribution in [2.45, 2.75) is 19.1 Å². The Morgan fingerprint density at radius 3 is 2.42 bits per heavy atom. The lowest BCUT2D eigenvalue weighted by atomic mass is 10.3. The first-order valence-electron chi connectivity index (χ1n) is 5.76. The number of hydrogen-bond acceptors (Lipinski definition) is 8. The average Bonchev–Trinajstić information content (AvgIpc) is 2.68. The van der Waals surface area contributed by atoms with Crippen LogP contribution in [0.25, 0.3) is 0 Å². The zero-order chi connectivity index (χ0) is 14.2. The van der Waals surface area contributed by atoms with Gasteiger partial charge in [0.05, 0.1) is 17.1 Å². The van der Waals surface area contributed by atoms with Crippen molar-refractivity contribution >= 4 is 17.5 Å². The zero-order valence-corrected chi connectivity index (χ0v) is 10.6. The summed E-state index contributed by atoms with van der Waals surface area (Å²) in [5.41, 5.74) is 0.0236. The average molecular weight is 269 g/mol. The van der Waals surface area contributed by atoms with Crippen molar-refractivity contribution in [1.82, 2.24) is 9.97 Å². The Morgan fingerprint density at radius 2 is 1.95 bits per heavy atom. The van der Waals surface area contributed by atoms with Gasteiger partial charge >= 0.3 is 5.69 Å². The van der Waals surface area contributed by atoms with E-state index in [4.69, 9.17) is 0 Å². The van der Waals surface area contributed by atoms with Crippen LogP contribution in [0.2, 0.25) is 0 Å². The maximum atomic E-state index is 11.1. The number of nitrogens with one attached hydrogen (secondary N) is 1. The highest BCUT2D eigenvalue weighted by molar-refractivity contribution is 5.63. The zero-order valence-electron chi connectivity index (χ0n) is 10.6. The van der Waals surface area contributed by atoms with E-state index in [0.29, 0.717) is 0 Å². The lowest BCUT2D eigenvalue weighted by molar-refractivity contribution is -0.385. The first-order chi connectivity index (χ1) is 8.93. The summed E-state index contributed by atoms with van der Waals surface area (Å²) in [6.07, 6.45) is -1.87. The monoisotopic (exact) mass is 269 g/mol. The molecule has 9 nitrogen and oxygen atoms in total. The van der Waals surface area contributed by atoms with Gasteiger partial charge in [0.2, 0.25) is 11.8 Å². The molecular weight excluding hydrogens is 254 g/mol. The van der Waals surface area contributed by atoms with Crippen LogP contribution >= 0.6 is 0 Å². The fourth-order valence-electron chi connectivity index (χ4n) is 2.04. The Hall–Kier alpha value is -2.00. The summed E-state index contributed by atoms with van der Waals surface area (Å²) in [7, 11) is 1.61. The van der Waals surface area contributed by atoms with E-state index in [1.54, 1.807) is 7.05 Å². The van der Waals surface area contributed by atoms with Crippen LogP contribution in [0.1, 0.15) is 5.69 Å². The topological polar surface area (TPSA) is 125 Å². The summed E-state index contributed by atoms with van der Waals surface area (Å²) in [5.74, 6) is 0.367. The number of nitro groups is 1. The normalized spacial score (nSPS) is 22.6. The Morgan fingerprint density at radius 1 is 1.37 bits per heavy atom. The molecule has 2 atom stereocenters. The number of aryl methyl sites for hydroxylation is 1. The first kappa shape index (κ1) is 13.4. The van der Waals surface area contributed by atoms with Crippen LogP contribution in [0.15, 0.2) is 0 Å². The van der Waals surface area contributed by atoms with Gasteiger partial charge in [-0.1, -0.05) is 0 Å². The highest BCUT2D eigenvalue weighted by atomic mass is 16.6. The van der Waals surface area contributed by atoms with E-state index in [9.17, 15) is 20.3 Å².